The SMILES string of the molecule is CC(C)N(C)S(=O)(=O)NCCC1CCNC1.Cl. The van der Waals surface area contributed by atoms with E-state index in [2.05, 4.69) is 10.0 Å². The first-order valence-corrected chi connectivity index (χ1v) is 7.31. The first-order valence-electron chi connectivity index (χ1n) is 5.87. The Bertz CT molecular complexity index is 303. The van der Waals surface area contributed by atoms with Gasteiger partial charge in [-0.2, -0.15) is 12.7 Å². The van der Waals surface area contributed by atoms with Crippen molar-refractivity contribution in [2.45, 2.75) is 32.7 Å². The minimum absolute atomic E-state index is 0. The molecule has 1 heterocycles. The maximum Gasteiger partial charge on any atom is 0.279 e. The molecule has 17 heavy (non-hydrogen) atoms. The zero-order valence-electron chi connectivity index (χ0n) is 10.8. The average Bonchev–Trinajstić information content (AvgIpc) is 2.69. The highest BCUT2D eigenvalue weighted by Crippen LogP contribution is 2.11. The van der Waals surface area contributed by atoms with Gasteiger partial charge in [0.1, 0.15) is 0 Å². The highest BCUT2D eigenvalue weighted by atomic mass is 35.5. The highest BCUT2D eigenvalue weighted by molar-refractivity contribution is 7.87. The van der Waals surface area contributed by atoms with Gasteiger partial charge in [0.2, 0.25) is 0 Å². The maximum atomic E-state index is 11.7. The van der Waals surface area contributed by atoms with Crippen molar-refractivity contribution < 1.29 is 8.42 Å². The van der Waals surface area contributed by atoms with Crippen LogP contribution in [0, 0.1) is 5.92 Å². The Hall–Kier alpha value is 0.120. The molecule has 2 N–H and O–H groups in total. The van der Waals surface area contributed by atoms with Gasteiger partial charge >= 0.3 is 0 Å². The van der Waals surface area contributed by atoms with Gasteiger partial charge in [0.05, 0.1) is 0 Å². The summed E-state index contributed by atoms with van der Waals surface area (Å²) in [5, 5.41) is 3.27. The summed E-state index contributed by atoms with van der Waals surface area (Å²) < 4.78 is 27.5. The van der Waals surface area contributed by atoms with Gasteiger partial charge in [-0.25, -0.2) is 4.72 Å². The molecule has 1 atom stereocenters. The molecule has 0 aromatic rings. The summed E-state index contributed by atoms with van der Waals surface area (Å²) in [5.74, 6) is 0.618. The maximum absolute atomic E-state index is 11.7. The van der Waals surface area contributed by atoms with E-state index >= 15 is 0 Å². The van der Waals surface area contributed by atoms with E-state index in [1.807, 2.05) is 13.8 Å². The van der Waals surface area contributed by atoms with Gasteiger partial charge < -0.3 is 5.32 Å². The number of nitrogens with zero attached hydrogens (tertiary/aromatic N) is 1. The number of rotatable bonds is 6. The first kappa shape index (κ1) is 17.1. The molecule has 1 aliphatic rings. The molecule has 7 heteroatoms. The van der Waals surface area contributed by atoms with Crippen molar-refractivity contribution >= 4 is 22.6 Å². The van der Waals surface area contributed by atoms with Gasteiger partial charge in [0, 0.05) is 19.6 Å². The smallest absolute Gasteiger partial charge is 0.279 e. The van der Waals surface area contributed by atoms with Crippen LogP contribution in [0.5, 0.6) is 0 Å². The Kier molecular flexibility index (Phi) is 7.58. The molecule has 104 valence electrons. The molecule has 0 radical (unpaired) electrons. The van der Waals surface area contributed by atoms with Crippen molar-refractivity contribution in [3.63, 3.8) is 0 Å². The minimum Gasteiger partial charge on any atom is -0.316 e. The van der Waals surface area contributed by atoms with Gasteiger partial charge in [0.25, 0.3) is 10.2 Å². The standard InChI is InChI=1S/C10H23N3O2S.ClH/c1-9(2)13(3)16(14,15)12-7-5-10-4-6-11-8-10;/h9-12H,4-8H2,1-3H3;1H. The molecule has 0 amide bonds. The van der Waals surface area contributed by atoms with Crippen LogP contribution in [0.3, 0.4) is 0 Å². The molecule has 1 aliphatic heterocycles. The lowest BCUT2D eigenvalue weighted by Crippen LogP contribution is -2.42. The lowest BCUT2D eigenvalue weighted by atomic mass is 10.1. The third kappa shape index (κ3) is 5.52. The molecular formula is C10H24ClN3O2S. The normalized spacial score (nSPS) is 20.9. The van der Waals surface area contributed by atoms with E-state index in [9.17, 15) is 8.42 Å². The Morgan fingerprint density at radius 3 is 2.59 bits per heavy atom. The zero-order chi connectivity index (χ0) is 12.2. The fourth-order valence-corrected chi connectivity index (χ4v) is 2.87. The van der Waals surface area contributed by atoms with Crippen LogP contribution in [0.4, 0.5) is 0 Å². The Labute approximate surface area is 111 Å². The molecule has 0 saturated carbocycles. The van der Waals surface area contributed by atoms with Crippen molar-refractivity contribution in [1.29, 1.82) is 0 Å². The van der Waals surface area contributed by atoms with Crippen molar-refractivity contribution in [3.8, 4) is 0 Å². The second-order valence-electron chi connectivity index (χ2n) is 4.66. The lowest BCUT2D eigenvalue weighted by molar-refractivity contribution is 0.399. The highest BCUT2D eigenvalue weighted by Gasteiger charge is 2.20. The van der Waals surface area contributed by atoms with E-state index in [4.69, 9.17) is 0 Å². The number of halogens is 1. The van der Waals surface area contributed by atoms with E-state index in [1.54, 1.807) is 7.05 Å². The van der Waals surface area contributed by atoms with Gasteiger partial charge in [-0.15, -0.1) is 12.4 Å². The van der Waals surface area contributed by atoms with Crippen LogP contribution >= 0.6 is 12.4 Å². The summed E-state index contributed by atoms with van der Waals surface area (Å²) in [5.41, 5.74) is 0. The molecule has 0 aliphatic carbocycles. The van der Waals surface area contributed by atoms with Crippen LogP contribution in [0.25, 0.3) is 0 Å². The Balaban J connectivity index is 0.00000256. The molecule has 0 bridgehead atoms. The number of hydrogen-bond donors (Lipinski definition) is 2. The summed E-state index contributed by atoms with van der Waals surface area (Å²) in [7, 11) is -1.69. The summed E-state index contributed by atoms with van der Waals surface area (Å²) in [4.78, 5) is 0. The monoisotopic (exact) mass is 285 g/mol. The van der Waals surface area contributed by atoms with Crippen LogP contribution in [-0.4, -0.2) is 45.4 Å². The summed E-state index contributed by atoms with van der Waals surface area (Å²) in [6, 6.07) is -0.00866. The third-order valence-electron chi connectivity index (χ3n) is 3.11. The number of nitrogens with one attached hydrogen (secondary N) is 2. The van der Waals surface area contributed by atoms with Crippen LogP contribution in [0.1, 0.15) is 26.7 Å². The predicted molar refractivity (Wildman–Crippen MR) is 72.7 cm³/mol. The first-order chi connectivity index (χ1) is 7.43. The topological polar surface area (TPSA) is 61.4 Å². The molecule has 0 aromatic carbocycles. The largest absolute Gasteiger partial charge is 0.316 e. The van der Waals surface area contributed by atoms with E-state index in [0.29, 0.717) is 12.5 Å². The Morgan fingerprint density at radius 2 is 2.12 bits per heavy atom. The van der Waals surface area contributed by atoms with Crippen LogP contribution in [-0.2, 0) is 10.2 Å². The molecule has 1 unspecified atom stereocenters. The lowest BCUT2D eigenvalue weighted by Gasteiger charge is -2.21. The van der Waals surface area contributed by atoms with Crippen molar-refractivity contribution in [3.05, 3.63) is 0 Å². The minimum atomic E-state index is -3.29. The average molecular weight is 286 g/mol. The second kappa shape index (κ2) is 7.53. The summed E-state index contributed by atoms with van der Waals surface area (Å²) >= 11 is 0. The van der Waals surface area contributed by atoms with Crippen LogP contribution < -0.4 is 10.0 Å². The fraction of sp³-hybridized carbons (Fsp3) is 1.00. The van der Waals surface area contributed by atoms with Gasteiger partial charge in [-0.1, -0.05) is 0 Å². The van der Waals surface area contributed by atoms with Crippen molar-refractivity contribution in [2.24, 2.45) is 5.92 Å². The van der Waals surface area contributed by atoms with E-state index in [0.717, 1.165) is 25.9 Å². The molecule has 1 rings (SSSR count). The molecule has 1 fully saturated rings. The van der Waals surface area contributed by atoms with Gasteiger partial charge in [-0.3, -0.25) is 0 Å². The second-order valence-corrected chi connectivity index (χ2v) is 6.47. The third-order valence-corrected chi connectivity index (χ3v) is 4.85. The van der Waals surface area contributed by atoms with Crippen molar-refractivity contribution in [1.82, 2.24) is 14.3 Å². The predicted octanol–water partition coefficient (Wildman–Crippen LogP) is 0.582. The van der Waals surface area contributed by atoms with E-state index in [-0.39, 0.29) is 18.4 Å². The molecule has 0 aromatic heterocycles. The van der Waals surface area contributed by atoms with Crippen molar-refractivity contribution in [2.75, 3.05) is 26.7 Å². The van der Waals surface area contributed by atoms with E-state index < -0.39 is 10.2 Å². The van der Waals surface area contributed by atoms with Crippen LogP contribution in [0.15, 0.2) is 0 Å². The molecule has 5 nitrogen and oxygen atoms in total. The molecule has 0 spiro atoms. The quantitative estimate of drug-likeness (QED) is 0.751. The summed E-state index contributed by atoms with van der Waals surface area (Å²) in [6.45, 7) is 6.33. The molecular weight excluding hydrogens is 262 g/mol. The number of hydrogen-bond acceptors (Lipinski definition) is 3. The zero-order valence-corrected chi connectivity index (χ0v) is 12.4. The van der Waals surface area contributed by atoms with Gasteiger partial charge in [-0.05, 0) is 45.7 Å². The van der Waals surface area contributed by atoms with Gasteiger partial charge in [0.15, 0.2) is 0 Å². The van der Waals surface area contributed by atoms with E-state index in [1.165, 1.54) is 4.31 Å². The van der Waals surface area contributed by atoms with Crippen LogP contribution in [0.2, 0.25) is 0 Å². The summed E-state index contributed by atoms with van der Waals surface area (Å²) in [6.07, 6.45) is 2.07. The molecule has 1 saturated heterocycles. The fourth-order valence-electron chi connectivity index (χ4n) is 1.73. The Morgan fingerprint density at radius 1 is 1.47 bits per heavy atom.